The highest BCUT2D eigenvalue weighted by Crippen LogP contribution is 2.38. The number of rotatable bonds is 3. The molecule has 3 aromatic rings. The Balaban J connectivity index is 2.10. The lowest BCUT2D eigenvalue weighted by Gasteiger charge is -2.09. The van der Waals surface area contributed by atoms with Gasteiger partial charge in [0.2, 0.25) is 5.43 Å². The third-order valence-corrected chi connectivity index (χ3v) is 4.16. The van der Waals surface area contributed by atoms with E-state index in [2.05, 4.69) is 10.1 Å². The standard InChI is InChI=1S/C16H13F2N3O3/c17-8-2-1-3-9(18)11(8)13-15(24)14(23)12-10(6-22)20-21(7-4-5-7)16(12)19-13/h1-3,7,22,24H,4-6H2,(H,19,23). The highest BCUT2D eigenvalue weighted by Gasteiger charge is 2.30. The number of fused-ring (bicyclic) bond motifs is 1. The first-order valence-electron chi connectivity index (χ1n) is 7.44. The van der Waals surface area contributed by atoms with Crippen molar-refractivity contribution in [2.45, 2.75) is 25.5 Å². The molecule has 0 saturated heterocycles. The second-order valence-electron chi connectivity index (χ2n) is 5.78. The van der Waals surface area contributed by atoms with Crippen molar-refractivity contribution >= 4 is 11.0 Å². The number of aliphatic hydroxyl groups is 1. The van der Waals surface area contributed by atoms with Gasteiger partial charge in [-0.2, -0.15) is 5.10 Å². The highest BCUT2D eigenvalue weighted by molar-refractivity contribution is 5.84. The smallest absolute Gasteiger partial charge is 0.235 e. The van der Waals surface area contributed by atoms with Crippen LogP contribution in [0.2, 0.25) is 0 Å². The topological polar surface area (TPSA) is 91.1 Å². The number of hydrogen-bond acceptors (Lipinski definition) is 4. The molecule has 2 heterocycles. The first-order chi connectivity index (χ1) is 11.5. The average molecular weight is 333 g/mol. The van der Waals surface area contributed by atoms with E-state index in [1.54, 1.807) is 0 Å². The van der Waals surface area contributed by atoms with E-state index in [9.17, 15) is 23.8 Å². The van der Waals surface area contributed by atoms with E-state index in [-0.39, 0.29) is 28.5 Å². The van der Waals surface area contributed by atoms with Gasteiger partial charge in [0, 0.05) is 0 Å². The summed E-state index contributed by atoms with van der Waals surface area (Å²) in [6.45, 7) is -0.480. The molecule has 4 rings (SSSR count). The van der Waals surface area contributed by atoms with E-state index >= 15 is 0 Å². The third kappa shape index (κ3) is 2.03. The number of aliphatic hydroxyl groups excluding tert-OH is 1. The summed E-state index contributed by atoms with van der Waals surface area (Å²) in [7, 11) is 0. The van der Waals surface area contributed by atoms with Gasteiger partial charge in [0.15, 0.2) is 5.75 Å². The first-order valence-corrected chi connectivity index (χ1v) is 7.44. The molecule has 0 atom stereocenters. The summed E-state index contributed by atoms with van der Waals surface area (Å²) in [6, 6.07) is 3.33. The van der Waals surface area contributed by atoms with Crippen molar-refractivity contribution in [2.24, 2.45) is 0 Å². The molecule has 0 spiro atoms. The minimum absolute atomic E-state index is 0.0300. The molecule has 0 unspecified atom stereocenters. The summed E-state index contributed by atoms with van der Waals surface area (Å²) in [5, 5.41) is 23.8. The van der Waals surface area contributed by atoms with Crippen molar-refractivity contribution in [3.8, 4) is 17.0 Å². The fourth-order valence-electron chi connectivity index (χ4n) is 2.86. The van der Waals surface area contributed by atoms with Crippen LogP contribution in [0.5, 0.6) is 5.75 Å². The van der Waals surface area contributed by atoms with Gasteiger partial charge >= 0.3 is 0 Å². The average Bonchev–Trinajstić information content (AvgIpc) is 3.33. The van der Waals surface area contributed by atoms with Crippen LogP contribution in [0.4, 0.5) is 8.78 Å². The quantitative estimate of drug-likeness (QED) is 0.685. The van der Waals surface area contributed by atoms with Gasteiger partial charge in [0.1, 0.15) is 23.0 Å². The Hall–Kier alpha value is -2.74. The molecular weight excluding hydrogens is 320 g/mol. The van der Waals surface area contributed by atoms with Gasteiger partial charge in [-0.1, -0.05) is 6.07 Å². The number of halogens is 2. The van der Waals surface area contributed by atoms with Crippen LogP contribution in [0.25, 0.3) is 22.3 Å². The Morgan fingerprint density at radius 2 is 1.96 bits per heavy atom. The van der Waals surface area contributed by atoms with Crippen molar-refractivity contribution in [3.05, 3.63) is 45.8 Å². The van der Waals surface area contributed by atoms with Gasteiger partial charge in [-0.05, 0) is 25.0 Å². The van der Waals surface area contributed by atoms with E-state index in [4.69, 9.17) is 0 Å². The maximum Gasteiger partial charge on any atom is 0.235 e. The number of hydrogen-bond donors (Lipinski definition) is 3. The Bertz CT molecular complexity index is 1000. The van der Waals surface area contributed by atoms with Crippen LogP contribution < -0.4 is 5.43 Å². The SMILES string of the molecule is O=c1c(O)c(-c2c(F)cccc2F)[nH]c2c1c(CO)nn2C1CC1. The summed E-state index contributed by atoms with van der Waals surface area (Å²) in [6.07, 6.45) is 1.71. The Morgan fingerprint density at radius 3 is 2.54 bits per heavy atom. The second kappa shape index (κ2) is 5.13. The number of aromatic hydroxyl groups is 1. The van der Waals surface area contributed by atoms with Crippen LogP contribution in [0.1, 0.15) is 24.6 Å². The number of benzene rings is 1. The van der Waals surface area contributed by atoms with Crippen molar-refractivity contribution in [1.29, 1.82) is 0 Å². The zero-order valence-electron chi connectivity index (χ0n) is 12.4. The molecule has 0 amide bonds. The fraction of sp³-hybridized carbons (Fsp3) is 0.250. The van der Waals surface area contributed by atoms with Crippen molar-refractivity contribution in [2.75, 3.05) is 0 Å². The molecule has 1 fully saturated rings. The molecule has 3 N–H and O–H groups in total. The Morgan fingerprint density at radius 1 is 1.29 bits per heavy atom. The predicted octanol–water partition coefficient (Wildman–Crippen LogP) is 2.20. The van der Waals surface area contributed by atoms with Crippen LogP contribution in [0.3, 0.4) is 0 Å². The summed E-state index contributed by atoms with van der Waals surface area (Å²) >= 11 is 0. The summed E-state index contributed by atoms with van der Waals surface area (Å²) in [5.74, 6) is -2.61. The number of nitrogens with zero attached hydrogens (tertiary/aromatic N) is 2. The molecule has 6 nitrogen and oxygen atoms in total. The summed E-state index contributed by atoms with van der Waals surface area (Å²) in [4.78, 5) is 15.2. The number of H-pyrrole nitrogens is 1. The Labute approximate surface area is 134 Å². The molecule has 8 heteroatoms. The van der Waals surface area contributed by atoms with E-state index in [0.29, 0.717) is 0 Å². The minimum atomic E-state index is -0.903. The highest BCUT2D eigenvalue weighted by atomic mass is 19.1. The number of nitrogens with one attached hydrogen (secondary N) is 1. The molecule has 1 aliphatic carbocycles. The van der Waals surface area contributed by atoms with Crippen molar-refractivity contribution < 1.29 is 19.0 Å². The summed E-state index contributed by atoms with van der Waals surface area (Å²) in [5.41, 5.74) is -1.31. The normalized spacial score (nSPS) is 14.5. The predicted molar refractivity (Wildman–Crippen MR) is 81.6 cm³/mol. The Kier molecular flexibility index (Phi) is 3.17. The maximum atomic E-state index is 14.1. The lowest BCUT2D eigenvalue weighted by molar-refractivity contribution is 0.276. The maximum absolute atomic E-state index is 14.1. The third-order valence-electron chi connectivity index (χ3n) is 4.16. The minimum Gasteiger partial charge on any atom is -0.503 e. The molecule has 1 aromatic carbocycles. The number of aromatic amines is 1. The van der Waals surface area contributed by atoms with Gasteiger partial charge in [-0.25, -0.2) is 13.5 Å². The molecule has 1 saturated carbocycles. The zero-order valence-corrected chi connectivity index (χ0v) is 12.4. The summed E-state index contributed by atoms with van der Waals surface area (Å²) < 4.78 is 29.6. The lowest BCUT2D eigenvalue weighted by atomic mass is 10.1. The van der Waals surface area contributed by atoms with E-state index in [0.717, 1.165) is 25.0 Å². The van der Waals surface area contributed by atoms with Crippen molar-refractivity contribution in [3.63, 3.8) is 0 Å². The van der Waals surface area contributed by atoms with Gasteiger partial charge in [0.25, 0.3) is 0 Å². The van der Waals surface area contributed by atoms with E-state index < -0.39 is 35.0 Å². The van der Waals surface area contributed by atoms with Gasteiger partial charge in [-0.15, -0.1) is 0 Å². The molecule has 124 valence electrons. The zero-order chi connectivity index (χ0) is 17.0. The first kappa shape index (κ1) is 14.8. The molecular formula is C16H13F2N3O3. The van der Waals surface area contributed by atoms with E-state index in [1.807, 2.05) is 0 Å². The van der Waals surface area contributed by atoms with Crippen LogP contribution in [-0.2, 0) is 6.61 Å². The lowest BCUT2D eigenvalue weighted by Crippen LogP contribution is -2.08. The molecule has 0 aliphatic heterocycles. The molecule has 24 heavy (non-hydrogen) atoms. The number of aromatic nitrogens is 3. The second-order valence-corrected chi connectivity index (χ2v) is 5.78. The van der Waals surface area contributed by atoms with Crippen molar-refractivity contribution in [1.82, 2.24) is 14.8 Å². The van der Waals surface area contributed by atoms with Crippen LogP contribution in [0, 0.1) is 11.6 Å². The van der Waals surface area contributed by atoms with Gasteiger partial charge in [0.05, 0.1) is 29.3 Å². The van der Waals surface area contributed by atoms with E-state index in [1.165, 1.54) is 10.7 Å². The van der Waals surface area contributed by atoms with Crippen LogP contribution >= 0.6 is 0 Å². The monoisotopic (exact) mass is 333 g/mol. The molecule has 0 bridgehead atoms. The van der Waals surface area contributed by atoms with Crippen LogP contribution in [-0.4, -0.2) is 25.0 Å². The van der Waals surface area contributed by atoms with Gasteiger partial charge in [-0.3, -0.25) is 4.79 Å². The van der Waals surface area contributed by atoms with Gasteiger partial charge < -0.3 is 15.2 Å². The fourth-order valence-corrected chi connectivity index (χ4v) is 2.86. The number of pyridine rings is 1. The molecule has 1 aliphatic rings. The largest absolute Gasteiger partial charge is 0.503 e. The molecule has 2 aromatic heterocycles. The van der Waals surface area contributed by atoms with Crippen LogP contribution in [0.15, 0.2) is 23.0 Å². The molecule has 0 radical (unpaired) electrons.